The number of rotatable bonds is 7. The summed E-state index contributed by atoms with van der Waals surface area (Å²) in [6, 6.07) is 0.0601. The molecule has 0 radical (unpaired) electrons. The van der Waals surface area contributed by atoms with Crippen LogP contribution in [0.15, 0.2) is 0 Å². The summed E-state index contributed by atoms with van der Waals surface area (Å²) in [6.45, 7) is 5.42. The number of nitrogens with two attached hydrogens (primary N) is 1. The molecule has 1 unspecified atom stereocenters. The van der Waals surface area contributed by atoms with Crippen LogP contribution in [-0.4, -0.2) is 43.1 Å². The van der Waals surface area contributed by atoms with Crippen LogP contribution >= 0.6 is 0 Å². The van der Waals surface area contributed by atoms with Crippen molar-refractivity contribution in [1.29, 1.82) is 0 Å². The Morgan fingerprint density at radius 2 is 2.06 bits per heavy atom. The molecule has 4 N–H and O–H groups in total. The van der Waals surface area contributed by atoms with Gasteiger partial charge >= 0.3 is 0 Å². The van der Waals surface area contributed by atoms with E-state index in [1.54, 1.807) is 0 Å². The summed E-state index contributed by atoms with van der Waals surface area (Å²) < 4.78 is 0. The Labute approximate surface area is 104 Å². The van der Waals surface area contributed by atoms with Gasteiger partial charge in [-0.3, -0.25) is 10.2 Å². The molecule has 0 saturated carbocycles. The lowest BCUT2D eigenvalue weighted by atomic mass is 10.1. The molecule has 1 atom stereocenters. The molecule has 0 aromatic heterocycles. The smallest absolute Gasteiger partial charge is 0.221 e. The van der Waals surface area contributed by atoms with E-state index in [0.29, 0.717) is 13.0 Å². The van der Waals surface area contributed by atoms with Gasteiger partial charge in [0.15, 0.2) is 0 Å². The first-order valence-corrected chi connectivity index (χ1v) is 6.74. The fourth-order valence-corrected chi connectivity index (χ4v) is 2.02. The summed E-state index contributed by atoms with van der Waals surface area (Å²) in [5.74, 6) is 0.0896. The average Bonchev–Trinajstić information content (AvgIpc) is 2.36. The number of carbonyl (C=O) groups excluding carboxylic acids is 1. The molecule has 0 spiro atoms. The van der Waals surface area contributed by atoms with Gasteiger partial charge in [-0.15, -0.1) is 0 Å². The molecule has 0 bridgehead atoms. The monoisotopic (exact) mass is 242 g/mol. The lowest BCUT2D eigenvalue weighted by Crippen LogP contribution is -2.51. The van der Waals surface area contributed by atoms with Crippen LogP contribution < -0.4 is 16.5 Å². The minimum atomic E-state index is 0.0601. The Kier molecular flexibility index (Phi) is 7.16. The Morgan fingerprint density at radius 3 is 2.65 bits per heavy atom. The first kappa shape index (κ1) is 14.4. The second kappa shape index (κ2) is 8.44. The number of hydrazine groups is 1. The summed E-state index contributed by atoms with van der Waals surface area (Å²) in [5.41, 5.74) is 9.06. The van der Waals surface area contributed by atoms with Crippen LogP contribution in [0.5, 0.6) is 0 Å². The highest BCUT2D eigenvalue weighted by Gasteiger charge is 2.16. The van der Waals surface area contributed by atoms with Crippen molar-refractivity contribution >= 4 is 5.91 Å². The molecule has 1 heterocycles. The fraction of sp³-hybridized carbons (Fsp3) is 0.917. The van der Waals surface area contributed by atoms with Crippen molar-refractivity contribution in [3.8, 4) is 0 Å². The first-order chi connectivity index (χ1) is 8.26. The van der Waals surface area contributed by atoms with Crippen LogP contribution in [0.1, 0.15) is 39.0 Å². The van der Waals surface area contributed by atoms with Crippen molar-refractivity contribution in [2.45, 2.75) is 45.1 Å². The molecule has 1 fully saturated rings. The normalized spacial score (nSPS) is 18.9. The van der Waals surface area contributed by atoms with Crippen LogP contribution in [0.25, 0.3) is 0 Å². The molecule has 1 saturated heterocycles. The van der Waals surface area contributed by atoms with Gasteiger partial charge in [-0.1, -0.05) is 13.3 Å². The van der Waals surface area contributed by atoms with Crippen molar-refractivity contribution in [2.24, 2.45) is 5.73 Å². The summed E-state index contributed by atoms with van der Waals surface area (Å²) >= 11 is 0. The third kappa shape index (κ3) is 6.00. The maximum Gasteiger partial charge on any atom is 0.221 e. The van der Waals surface area contributed by atoms with E-state index in [1.165, 1.54) is 19.3 Å². The number of piperidine rings is 1. The number of hydrogen-bond acceptors (Lipinski definition) is 4. The molecule has 1 rings (SSSR count). The highest BCUT2D eigenvalue weighted by atomic mass is 16.1. The molecule has 1 aliphatic heterocycles. The van der Waals surface area contributed by atoms with Gasteiger partial charge in [0.2, 0.25) is 5.91 Å². The molecular weight excluding hydrogens is 216 g/mol. The summed E-state index contributed by atoms with van der Waals surface area (Å²) in [4.78, 5) is 11.6. The number of amides is 1. The van der Waals surface area contributed by atoms with Gasteiger partial charge in [0.25, 0.3) is 0 Å². The van der Waals surface area contributed by atoms with Crippen molar-refractivity contribution in [3.63, 3.8) is 0 Å². The van der Waals surface area contributed by atoms with Crippen LogP contribution in [-0.2, 0) is 4.79 Å². The zero-order valence-corrected chi connectivity index (χ0v) is 10.9. The third-order valence-electron chi connectivity index (χ3n) is 3.01. The quantitative estimate of drug-likeness (QED) is 0.597. The Balaban J connectivity index is 2.24. The largest absolute Gasteiger partial charge is 0.356 e. The van der Waals surface area contributed by atoms with Crippen LogP contribution in [0.2, 0.25) is 0 Å². The maximum absolute atomic E-state index is 11.6. The van der Waals surface area contributed by atoms with Crippen LogP contribution in [0, 0.1) is 0 Å². The average molecular weight is 242 g/mol. The molecule has 0 aromatic carbocycles. The predicted molar refractivity (Wildman–Crippen MR) is 69.3 cm³/mol. The first-order valence-electron chi connectivity index (χ1n) is 6.74. The molecule has 17 heavy (non-hydrogen) atoms. The molecule has 0 aliphatic carbocycles. The highest BCUT2D eigenvalue weighted by Crippen LogP contribution is 2.07. The van der Waals surface area contributed by atoms with E-state index in [9.17, 15) is 4.79 Å². The third-order valence-corrected chi connectivity index (χ3v) is 3.01. The van der Waals surface area contributed by atoms with Crippen molar-refractivity contribution < 1.29 is 4.79 Å². The standard InChI is InChI=1S/C12H26N4O/c1-2-6-14-12(17)9-11(10-13)15-16-7-4-3-5-8-16/h11,15H,2-10,13H2,1H3,(H,14,17). The van der Waals surface area contributed by atoms with Crippen molar-refractivity contribution in [2.75, 3.05) is 26.2 Å². The van der Waals surface area contributed by atoms with E-state index in [2.05, 4.69) is 15.8 Å². The van der Waals surface area contributed by atoms with E-state index in [-0.39, 0.29) is 11.9 Å². The second-order valence-electron chi connectivity index (χ2n) is 4.66. The lowest BCUT2D eigenvalue weighted by Gasteiger charge is -2.31. The SMILES string of the molecule is CCCNC(=O)CC(CN)NN1CCCCC1. The zero-order chi connectivity index (χ0) is 12.5. The minimum absolute atomic E-state index is 0.0601. The molecule has 1 amide bonds. The second-order valence-corrected chi connectivity index (χ2v) is 4.66. The number of carbonyl (C=O) groups is 1. The van der Waals surface area contributed by atoms with Gasteiger partial charge < -0.3 is 11.1 Å². The van der Waals surface area contributed by atoms with Crippen LogP contribution in [0.4, 0.5) is 0 Å². The minimum Gasteiger partial charge on any atom is -0.356 e. The van der Waals surface area contributed by atoms with Gasteiger partial charge in [0.1, 0.15) is 0 Å². The van der Waals surface area contributed by atoms with E-state index in [4.69, 9.17) is 5.73 Å². The molecule has 0 aromatic rings. The summed E-state index contributed by atoms with van der Waals surface area (Å²) in [7, 11) is 0. The summed E-state index contributed by atoms with van der Waals surface area (Å²) in [6.07, 6.45) is 5.20. The van der Waals surface area contributed by atoms with Crippen LogP contribution in [0.3, 0.4) is 0 Å². The number of nitrogens with zero attached hydrogens (tertiary/aromatic N) is 1. The van der Waals surface area contributed by atoms with E-state index >= 15 is 0 Å². The Hall–Kier alpha value is -0.650. The van der Waals surface area contributed by atoms with Gasteiger partial charge in [-0.05, 0) is 19.3 Å². The lowest BCUT2D eigenvalue weighted by molar-refractivity contribution is -0.121. The maximum atomic E-state index is 11.6. The Morgan fingerprint density at radius 1 is 1.35 bits per heavy atom. The van der Waals surface area contributed by atoms with Gasteiger partial charge in [0, 0.05) is 38.6 Å². The molecule has 100 valence electrons. The predicted octanol–water partition coefficient (Wildman–Crippen LogP) is 0.221. The van der Waals surface area contributed by atoms with E-state index < -0.39 is 0 Å². The highest BCUT2D eigenvalue weighted by molar-refractivity contribution is 5.76. The zero-order valence-electron chi connectivity index (χ0n) is 10.9. The van der Waals surface area contributed by atoms with Crippen molar-refractivity contribution in [1.82, 2.24) is 15.8 Å². The Bertz CT molecular complexity index is 217. The molecular formula is C12H26N4O. The molecule has 1 aliphatic rings. The topological polar surface area (TPSA) is 70.4 Å². The molecule has 5 nitrogen and oxygen atoms in total. The van der Waals surface area contributed by atoms with E-state index in [1.807, 2.05) is 6.92 Å². The van der Waals surface area contributed by atoms with Crippen molar-refractivity contribution in [3.05, 3.63) is 0 Å². The number of nitrogens with one attached hydrogen (secondary N) is 2. The van der Waals surface area contributed by atoms with Gasteiger partial charge in [0.05, 0.1) is 0 Å². The number of hydrogen-bond donors (Lipinski definition) is 3. The van der Waals surface area contributed by atoms with E-state index in [0.717, 1.165) is 26.1 Å². The molecule has 5 heteroatoms. The fourth-order valence-electron chi connectivity index (χ4n) is 2.02. The van der Waals surface area contributed by atoms with Gasteiger partial charge in [-0.25, -0.2) is 5.01 Å². The van der Waals surface area contributed by atoms with Gasteiger partial charge in [-0.2, -0.15) is 0 Å². The summed E-state index contributed by atoms with van der Waals surface area (Å²) in [5, 5.41) is 5.08.